The molecule has 0 aromatic heterocycles. The lowest BCUT2D eigenvalue weighted by Gasteiger charge is -2.44. The minimum absolute atomic E-state index is 0.743. The molecule has 13 heavy (non-hydrogen) atoms. The molecular weight excluding hydrogens is 158 g/mol. The number of hydrogen-bond donors (Lipinski definition) is 1. The van der Waals surface area contributed by atoms with E-state index in [0.29, 0.717) is 0 Å². The predicted molar refractivity (Wildman–Crippen MR) is 54.7 cm³/mol. The van der Waals surface area contributed by atoms with Gasteiger partial charge in [-0.3, -0.25) is 0 Å². The summed E-state index contributed by atoms with van der Waals surface area (Å²) in [5.74, 6) is 0. The molecule has 1 aliphatic heterocycles. The van der Waals surface area contributed by atoms with Gasteiger partial charge in [0.15, 0.2) is 0 Å². The molecule has 0 bridgehead atoms. The molecule has 0 radical (unpaired) electrons. The van der Waals surface area contributed by atoms with E-state index in [2.05, 4.69) is 5.32 Å². The first-order valence-corrected chi connectivity index (χ1v) is 6.04. The lowest BCUT2D eigenvalue weighted by molar-refractivity contribution is 0.0945. The summed E-state index contributed by atoms with van der Waals surface area (Å²) in [7, 11) is 0. The van der Waals surface area contributed by atoms with Gasteiger partial charge in [0, 0.05) is 13.1 Å². The zero-order valence-electron chi connectivity index (χ0n) is 8.57. The van der Waals surface area contributed by atoms with Crippen LogP contribution in [0.3, 0.4) is 0 Å². The second-order valence-electron chi connectivity index (χ2n) is 5.84. The van der Waals surface area contributed by atoms with Crippen LogP contribution < -0.4 is 5.32 Å². The van der Waals surface area contributed by atoms with Crippen LogP contribution in [0, 0.1) is 10.8 Å². The molecule has 2 saturated carbocycles. The summed E-state index contributed by atoms with van der Waals surface area (Å²) in [4.78, 5) is 0. The van der Waals surface area contributed by atoms with Crippen molar-refractivity contribution in [2.75, 3.05) is 13.1 Å². The molecule has 3 aliphatic rings. The third-order valence-electron chi connectivity index (χ3n) is 4.62. The molecule has 1 heterocycles. The van der Waals surface area contributed by atoms with E-state index >= 15 is 0 Å². The molecular formula is C12H21N. The lowest BCUT2D eigenvalue weighted by Crippen LogP contribution is -2.46. The molecule has 1 nitrogen and oxygen atoms in total. The third-order valence-corrected chi connectivity index (χ3v) is 4.62. The van der Waals surface area contributed by atoms with Gasteiger partial charge in [-0.15, -0.1) is 0 Å². The number of nitrogens with one attached hydrogen (secondary N) is 1. The number of hydrogen-bond acceptors (Lipinski definition) is 1. The number of piperidine rings is 1. The first-order valence-electron chi connectivity index (χ1n) is 6.04. The molecule has 2 spiro atoms. The van der Waals surface area contributed by atoms with Crippen molar-refractivity contribution >= 4 is 0 Å². The van der Waals surface area contributed by atoms with Crippen LogP contribution in [0.1, 0.15) is 51.4 Å². The summed E-state index contributed by atoms with van der Waals surface area (Å²) < 4.78 is 0. The summed E-state index contributed by atoms with van der Waals surface area (Å²) in [6.45, 7) is 2.66. The molecule has 3 rings (SSSR count). The standard InChI is InChI=1S/C12H21N/c1-2-4-11(5-3-1)8-12(6-7-12)10-13-9-11/h13H,1-10H2. The molecule has 2 aliphatic carbocycles. The Morgan fingerprint density at radius 2 is 1.31 bits per heavy atom. The molecule has 0 atom stereocenters. The van der Waals surface area contributed by atoms with Crippen molar-refractivity contribution in [3.8, 4) is 0 Å². The average Bonchev–Trinajstić information content (AvgIpc) is 2.86. The fraction of sp³-hybridized carbons (Fsp3) is 1.00. The molecule has 3 fully saturated rings. The van der Waals surface area contributed by atoms with Crippen molar-refractivity contribution in [1.82, 2.24) is 5.32 Å². The highest BCUT2D eigenvalue weighted by Gasteiger charge is 2.51. The van der Waals surface area contributed by atoms with E-state index in [1.807, 2.05) is 0 Å². The molecule has 0 amide bonds. The third kappa shape index (κ3) is 1.41. The smallest absolute Gasteiger partial charge is 0.000826 e. The SMILES string of the molecule is C1CCC2(CC1)CNCC1(CC1)C2. The summed E-state index contributed by atoms with van der Waals surface area (Å²) in [6.07, 6.45) is 12.1. The largest absolute Gasteiger partial charge is 0.316 e. The Labute approximate surface area is 81.3 Å². The normalized spacial score (nSPS) is 35.1. The van der Waals surface area contributed by atoms with Crippen LogP contribution in [0.15, 0.2) is 0 Å². The van der Waals surface area contributed by atoms with Gasteiger partial charge < -0.3 is 5.32 Å². The molecule has 1 heteroatoms. The van der Waals surface area contributed by atoms with Crippen LogP contribution in [-0.2, 0) is 0 Å². The van der Waals surface area contributed by atoms with E-state index in [-0.39, 0.29) is 0 Å². The van der Waals surface area contributed by atoms with Crippen molar-refractivity contribution in [2.24, 2.45) is 10.8 Å². The van der Waals surface area contributed by atoms with Crippen LogP contribution in [-0.4, -0.2) is 13.1 Å². The number of rotatable bonds is 0. The van der Waals surface area contributed by atoms with Gasteiger partial charge >= 0.3 is 0 Å². The monoisotopic (exact) mass is 179 g/mol. The fourth-order valence-corrected chi connectivity index (χ4v) is 3.70. The minimum Gasteiger partial charge on any atom is -0.316 e. The highest BCUT2D eigenvalue weighted by atomic mass is 14.9. The minimum atomic E-state index is 0.743. The maximum atomic E-state index is 3.70. The molecule has 1 saturated heterocycles. The van der Waals surface area contributed by atoms with E-state index in [0.717, 1.165) is 10.8 Å². The summed E-state index contributed by atoms with van der Waals surface area (Å²) in [5.41, 5.74) is 1.53. The van der Waals surface area contributed by atoms with Gasteiger partial charge in [0.2, 0.25) is 0 Å². The Kier molecular flexibility index (Phi) is 1.74. The highest BCUT2D eigenvalue weighted by molar-refractivity contribution is 5.04. The van der Waals surface area contributed by atoms with Crippen LogP contribution in [0.25, 0.3) is 0 Å². The second-order valence-corrected chi connectivity index (χ2v) is 5.84. The molecule has 0 unspecified atom stereocenters. The first-order chi connectivity index (χ1) is 6.33. The van der Waals surface area contributed by atoms with E-state index in [1.165, 1.54) is 58.0 Å². The summed E-state index contributed by atoms with van der Waals surface area (Å²) in [6, 6.07) is 0. The van der Waals surface area contributed by atoms with Gasteiger partial charge in [-0.2, -0.15) is 0 Å². The molecule has 0 aromatic rings. The van der Waals surface area contributed by atoms with Crippen molar-refractivity contribution in [2.45, 2.75) is 51.4 Å². The highest BCUT2D eigenvalue weighted by Crippen LogP contribution is 2.58. The maximum absolute atomic E-state index is 3.70. The van der Waals surface area contributed by atoms with E-state index in [1.54, 1.807) is 6.42 Å². The van der Waals surface area contributed by atoms with E-state index in [9.17, 15) is 0 Å². The summed E-state index contributed by atoms with van der Waals surface area (Å²) >= 11 is 0. The van der Waals surface area contributed by atoms with Crippen molar-refractivity contribution in [3.05, 3.63) is 0 Å². The quantitative estimate of drug-likeness (QED) is 0.603. The van der Waals surface area contributed by atoms with Gasteiger partial charge in [0.05, 0.1) is 0 Å². The van der Waals surface area contributed by atoms with Gasteiger partial charge in [0.1, 0.15) is 0 Å². The lowest BCUT2D eigenvalue weighted by atomic mass is 9.66. The zero-order chi connectivity index (χ0) is 8.78. The fourth-order valence-electron chi connectivity index (χ4n) is 3.70. The van der Waals surface area contributed by atoms with Gasteiger partial charge in [-0.05, 0) is 42.9 Å². The van der Waals surface area contributed by atoms with Crippen LogP contribution in [0.4, 0.5) is 0 Å². The van der Waals surface area contributed by atoms with Crippen molar-refractivity contribution in [1.29, 1.82) is 0 Å². The molecule has 1 N–H and O–H groups in total. The van der Waals surface area contributed by atoms with Gasteiger partial charge in [0.25, 0.3) is 0 Å². The second kappa shape index (κ2) is 2.73. The Hall–Kier alpha value is -0.0400. The van der Waals surface area contributed by atoms with Crippen LogP contribution >= 0.6 is 0 Å². The van der Waals surface area contributed by atoms with E-state index < -0.39 is 0 Å². The van der Waals surface area contributed by atoms with Crippen molar-refractivity contribution < 1.29 is 0 Å². The Bertz CT molecular complexity index is 194. The maximum Gasteiger partial charge on any atom is 0.000826 e. The molecule has 74 valence electrons. The first kappa shape index (κ1) is 8.28. The Balaban J connectivity index is 1.74. The Morgan fingerprint density at radius 1 is 0.692 bits per heavy atom. The molecule has 0 aromatic carbocycles. The van der Waals surface area contributed by atoms with Crippen LogP contribution in [0.2, 0.25) is 0 Å². The van der Waals surface area contributed by atoms with Crippen LogP contribution in [0.5, 0.6) is 0 Å². The predicted octanol–water partition coefficient (Wildman–Crippen LogP) is 2.71. The topological polar surface area (TPSA) is 12.0 Å². The zero-order valence-corrected chi connectivity index (χ0v) is 8.57. The summed E-state index contributed by atoms with van der Waals surface area (Å²) in [5, 5.41) is 3.70. The Morgan fingerprint density at radius 3 is 1.92 bits per heavy atom. The van der Waals surface area contributed by atoms with Crippen molar-refractivity contribution in [3.63, 3.8) is 0 Å². The van der Waals surface area contributed by atoms with E-state index in [4.69, 9.17) is 0 Å². The van der Waals surface area contributed by atoms with Gasteiger partial charge in [-0.1, -0.05) is 19.3 Å². The van der Waals surface area contributed by atoms with Gasteiger partial charge in [-0.25, -0.2) is 0 Å². The average molecular weight is 179 g/mol.